The van der Waals surface area contributed by atoms with E-state index in [2.05, 4.69) is 0 Å². The Morgan fingerprint density at radius 1 is 1.43 bits per heavy atom. The van der Waals surface area contributed by atoms with E-state index in [0.717, 1.165) is 0 Å². The quantitative estimate of drug-likeness (QED) is 0.545. The molecule has 1 unspecified atom stereocenters. The standard InChI is InChI=1S/C10H9FO3/c1-7(13)14-10(6-12)8-2-4-9(11)5-3-8/h2-6,10H,1H3. The normalized spacial score (nSPS) is 11.9. The van der Waals surface area contributed by atoms with Crippen molar-refractivity contribution in [1.29, 1.82) is 0 Å². The topological polar surface area (TPSA) is 43.4 Å². The maximum absolute atomic E-state index is 12.5. The van der Waals surface area contributed by atoms with Crippen LogP contribution in [0.1, 0.15) is 18.6 Å². The largest absolute Gasteiger partial charge is 0.450 e. The van der Waals surface area contributed by atoms with Gasteiger partial charge < -0.3 is 4.74 Å². The molecule has 0 heterocycles. The number of hydrogen-bond acceptors (Lipinski definition) is 3. The second-order valence-electron chi connectivity index (χ2n) is 2.72. The number of carbonyl (C=O) groups is 2. The molecule has 0 aromatic heterocycles. The Bertz CT molecular complexity index is 332. The van der Waals surface area contributed by atoms with E-state index in [1.165, 1.54) is 31.2 Å². The maximum Gasteiger partial charge on any atom is 0.303 e. The van der Waals surface area contributed by atoms with E-state index in [1.807, 2.05) is 0 Å². The summed E-state index contributed by atoms with van der Waals surface area (Å²) < 4.78 is 17.2. The number of halogens is 1. The number of benzene rings is 1. The zero-order valence-electron chi connectivity index (χ0n) is 7.57. The van der Waals surface area contributed by atoms with Crippen molar-refractivity contribution in [3.05, 3.63) is 35.6 Å². The first-order valence-corrected chi connectivity index (χ1v) is 4.01. The fraction of sp³-hybridized carbons (Fsp3) is 0.200. The summed E-state index contributed by atoms with van der Waals surface area (Å²) in [5.74, 6) is -0.951. The molecule has 0 radical (unpaired) electrons. The first-order valence-electron chi connectivity index (χ1n) is 4.01. The Morgan fingerprint density at radius 3 is 2.43 bits per heavy atom. The van der Waals surface area contributed by atoms with Gasteiger partial charge in [-0.3, -0.25) is 9.59 Å². The van der Waals surface area contributed by atoms with Gasteiger partial charge in [-0.15, -0.1) is 0 Å². The SMILES string of the molecule is CC(=O)OC(C=O)c1ccc(F)cc1. The van der Waals surface area contributed by atoms with E-state index < -0.39 is 17.9 Å². The van der Waals surface area contributed by atoms with Crippen molar-refractivity contribution in [3.63, 3.8) is 0 Å². The van der Waals surface area contributed by atoms with Crippen LogP contribution in [0, 0.1) is 5.82 Å². The zero-order chi connectivity index (χ0) is 10.6. The second kappa shape index (κ2) is 4.50. The minimum absolute atomic E-state index is 0.402. The molecule has 1 atom stereocenters. The Hall–Kier alpha value is -1.71. The highest BCUT2D eigenvalue weighted by Crippen LogP contribution is 2.15. The molecular weight excluding hydrogens is 187 g/mol. The van der Waals surface area contributed by atoms with Gasteiger partial charge in [-0.1, -0.05) is 12.1 Å². The molecule has 1 rings (SSSR count). The van der Waals surface area contributed by atoms with Gasteiger partial charge in [0, 0.05) is 6.92 Å². The molecule has 0 aliphatic heterocycles. The van der Waals surface area contributed by atoms with Crippen LogP contribution < -0.4 is 0 Å². The third kappa shape index (κ3) is 2.65. The Labute approximate surface area is 80.5 Å². The summed E-state index contributed by atoms with van der Waals surface area (Å²) in [6.45, 7) is 1.21. The van der Waals surface area contributed by atoms with Crippen LogP contribution in [-0.2, 0) is 14.3 Å². The summed E-state index contributed by atoms with van der Waals surface area (Å²) in [7, 11) is 0. The summed E-state index contributed by atoms with van der Waals surface area (Å²) in [4.78, 5) is 21.2. The van der Waals surface area contributed by atoms with E-state index in [1.54, 1.807) is 0 Å². The van der Waals surface area contributed by atoms with E-state index in [4.69, 9.17) is 4.74 Å². The van der Waals surface area contributed by atoms with Crippen LogP contribution in [0.25, 0.3) is 0 Å². The molecule has 74 valence electrons. The summed E-state index contributed by atoms with van der Waals surface area (Å²) >= 11 is 0. The molecule has 0 spiro atoms. The summed E-state index contributed by atoms with van der Waals surface area (Å²) in [5.41, 5.74) is 0.455. The van der Waals surface area contributed by atoms with E-state index in [0.29, 0.717) is 11.8 Å². The zero-order valence-corrected chi connectivity index (χ0v) is 7.57. The lowest BCUT2D eigenvalue weighted by atomic mass is 10.1. The van der Waals surface area contributed by atoms with Crippen LogP contribution >= 0.6 is 0 Å². The van der Waals surface area contributed by atoms with Crippen molar-refractivity contribution in [2.75, 3.05) is 0 Å². The molecule has 0 amide bonds. The van der Waals surface area contributed by atoms with Crippen molar-refractivity contribution >= 4 is 12.3 Å². The molecule has 0 N–H and O–H groups in total. The van der Waals surface area contributed by atoms with Gasteiger partial charge in [0.2, 0.25) is 0 Å². The number of ether oxygens (including phenoxy) is 1. The first-order chi connectivity index (χ1) is 6.63. The minimum atomic E-state index is -0.951. The summed E-state index contributed by atoms with van der Waals surface area (Å²) in [6.07, 6.45) is -0.456. The van der Waals surface area contributed by atoms with Crippen LogP contribution in [0.5, 0.6) is 0 Å². The summed E-state index contributed by atoms with van der Waals surface area (Å²) in [6, 6.07) is 5.21. The van der Waals surface area contributed by atoms with Crippen LogP contribution in [0.3, 0.4) is 0 Å². The van der Waals surface area contributed by atoms with Crippen molar-refractivity contribution < 1.29 is 18.7 Å². The van der Waals surface area contributed by atoms with E-state index in [9.17, 15) is 14.0 Å². The number of hydrogen-bond donors (Lipinski definition) is 0. The Morgan fingerprint density at radius 2 is 2.00 bits per heavy atom. The Balaban J connectivity index is 2.84. The Kier molecular flexibility index (Phi) is 3.34. The van der Waals surface area contributed by atoms with Gasteiger partial charge in [0.05, 0.1) is 0 Å². The molecule has 0 aliphatic rings. The molecule has 1 aromatic rings. The van der Waals surface area contributed by atoms with Gasteiger partial charge in [-0.2, -0.15) is 0 Å². The van der Waals surface area contributed by atoms with Gasteiger partial charge in [-0.25, -0.2) is 4.39 Å². The highest BCUT2D eigenvalue weighted by molar-refractivity contribution is 5.71. The molecule has 0 fully saturated rings. The lowest BCUT2D eigenvalue weighted by Gasteiger charge is -2.10. The number of aldehydes is 1. The van der Waals surface area contributed by atoms with Gasteiger partial charge in [0.25, 0.3) is 0 Å². The number of carbonyl (C=O) groups excluding carboxylic acids is 2. The number of rotatable bonds is 3. The molecule has 0 saturated heterocycles. The third-order valence-electron chi connectivity index (χ3n) is 1.62. The molecule has 4 heteroatoms. The van der Waals surface area contributed by atoms with Crippen molar-refractivity contribution in [2.24, 2.45) is 0 Å². The molecule has 0 aliphatic carbocycles. The smallest absolute Gasteiger partial charge is 0.303 e. The van der Waals surface area contributed by atoms with Gasteiger partial charge in [0.15, 0.2) is 12.4 Å². The fourth-order valence-electron chi connectivity index (χ4n) is 1.01. The lowest BCUT2D eigenvalue weighted by Crippen LogP contribution is -2.09. The lowest BCUT2D eigenvalue weighted by molar-refractivity contribution is -0.149. The minimum Gasteiger partial charge on any atom is -0.450 e. The fourth-order valence-corrected chi connectivity index (χ4v) is 1.01. The third-order valence-corrected chi connectivity index (χ3v) is 1.62. The highest BCUT2D eigenvalue weighted by Gasteiger charge is 2.12. The maximum atomic E-state index is 12.5. The van der Waals surface area contributed by atoms with Crippen LogP contribution in [0.15, 0.2) is 24.3 Å². The van der Waals surface area contributed by atoms with Crippen LogP contribution in [0.2, 0.25) is 0 Å². The van der Waals surface area contributed by atoms with Gasteiger partial charge in [-0.05, 0) is 17.7 Å². The average molecular weight is 196 g/mol. The molecule has 0 bridgehead atoms. The predicted octanol–water partition coefficient (Wildman–Crippen LogP) is 1.63. The van der Waals surface area contributed by atoms with Crippen LogP contribution in [0.4, 0.5) is 4.39 Å². The monoisotopic (exact) mass is 196 g/mol. The van der Waals surface area contributed by atoms with Crippen molar-refractivity contribution in [1.82, 2.24) is 0 Å². The van der Waals surface area contributed by atoms with E-state index in [-0.39, 0.29) is 0 Å². The molecule has 0 saturated carbocycles. The van der Waals surface area contributed by atoms with Gasteiger partial charge >= 0.3 is 5.97 Å². The average Bonchev–Trinajstić information content (AvgIpc) is 2.15. The van der Waals surface area contributed by atoms with Crippen molar-refractivity contribution in [2.45, 2.75) is 13.0 Å². The molecule has 14 heavy (non-hydrogen) atoms. The van der Waals surface area contributed by atoms with E-state index >= 15 is 0 Å². The summed E-state index contributed by atoms with van der Waals surface area (Å²) in [5, 5.41) is 0. The van der Waals surface area contributed by atoms with Crippen LogP contribution in [-0.4, -0.2) is 12.3 Å². The number of esters is 1. The molecule has 1 aromatic carbocycles. The molecular formula is C10H9FO3. The van der Waals surface area contributed by atoms with Gasteiger partial charge in [0.1, 0.15) is 5.82 Å². The predicted molar refractivity (Wildman–Crippen MR) is 47.0 cm³/mol. The highest BCUT2D eigenvalue weighted by atomic mass is 19.1. The molecule has 3 nitrogen and oxygen atoms in total. The first kappa shape index (κ1) is 10.4. The second-order valence-corrected chi connectivity index (χ2v) is 2.72. The van der Waals surface area contributed by atoms with Crippen molar-refractivity contribution in [3.8, 4) is 0 Å².